The molecule has 4 heteroatoms. The van der Waals surface area contributed by atoms with Crippen LogP contribution < -0.4 is 5.32 Å². The monoisotopic (exact) mass is 307 g/mol. The zero-order valence-corrected chi connectivity index (χ0v) is 12.3. The molecule has 18 heavy (non-hydrogen) atoms. The van der Waals surface area contributed by atoms with Gasteiger partial charge in [-0.2, -0.15) is 0 Å². The number of rotatable bonds is 5. The first kappa shape index (κ1) is 13.3. The summed E-state index contributed by atoms with van der Waals surface area (Å²) in [5, 5.41) is 3.15. The summed E-state index contributed by atoms with van der Waals surface area (Å²) in [5.41, 5.74) is 3.31. The highest BCUT2D eigenvalue weighted by molar-refractivity contribution is 9.10. The Bertz CT molecular complexity index is 520. The Morgan fingerprint density at radius 1 is 1.33 bits per heavy atom. The molecule has 0 aliphatic rings. The average Bonchev–Trinajstić information content (AvgIpc) is 2.71. The molecule has 0 spiro atoms. The van der Waals surface area contributed by atoms with Gasteiger partial charge in [0.15, 0.2) is 0 Å². The number of nitrogens with one attached hydrogen (secondary N) is 2. The van der Waals surface area contributed by atoms with Gasteiger partial charge < -0.3 is 10.3 Å². The van der Waals surface area contributed by atoms with Gasteiger partial charge in [0, 0.05) is 22.2 Å². The lowest BCUT2D eigenvalue weighted by Gasteiger charge is -2.01. The SMILES string of the molecule is CNCCCc1nc(-c2ccccc2Br)c(C)[nH]1. The van der Waals surface area contributed by atoms with Crippen molar-refractivity contribution in [2.45, 2.75) is 19.8 Å². The maximum Gasteiger partial charge on any atom is 0.107 e. The number of hydrogen-bond acceptors (Lipinski definition) is 2. The zero-order valence-electron chi connectivity index (χ0n) is 10.8. The number of aromatic nitrogens is 2. The molecule has 96 valence electrons. The molecular weight excluding hydrogens is 290 g/mol. The van der Waals surface area contributed by atoms with E-state index in [9.17, 15) is 0 Å². The molecule has 2 aromatic rings. The Balaban J connectivity index is 2.22. The second kappa shape index (κ2) is 6.16. The quantitative estimate of drug-likeness (QED) is 0.832. The molecule has 1 aromatic heterocycles. The third-order valence-electron chi connectivity index (χ3n) is 2.90. The van der Waals surface area contributed by atoms with Crippen LogP contribution >= 0.6 is 15.9 Å². The molecule has 0 saturated heterocycles. The van der Waals surface area contributed by atoms with Crippen molar-refractivity contribution < 1.29 is 0 Å². The van der Waals surface area contributed by atoms with Crippen molar-refractivity contribution in [2.24, 2.45) is 0 Å². The smallest absolute Gasteiger partial charge is 0.107 e. The van der Waals surface area contributed by atoms with Crippen LogP contribution in [0.25, 0.3) is 11.3 Å². The van der Waals surface area contributed by atoms with Gasteiger partial charge in [-0.05, 0) is 33.0 Å². The normalized spacial score (nSPS) is 10.8. The first-order valence-corrected chi connectivity index (χ1v) is 6.96. The van der Waals surface area contributed by atoms with E-state index in [0.717, 1.165) is 46.6 Å². The fraction of sp³-hybridized carbons (Fsp3) is 0.357. The minimum Gasteiger partial charge on any atom is -0.346 e. The fourth-order valence-corrected chi connectivity index (χ4v) is 2.46. The molecule has 1 heterocycles. The Morgan fingerprint density at radius 2 is 2.11 bits per heavy atom. The second-order valence-corrected chi connectivity index (χ2v) is 5.20. The summed E-state index contributed by atoms with van der Waals surface area (Å²) in [5.74, 6) is 1.06. The molecule has 0 fully saturated rings. The third-order valence-corrected chi connectivity index (χ3v) is 3.59. The summed E-state index contributed by atoms with van der Waals surface area (Å²) >= 11 is 3.58. The van der Waals surface area contributed by atoms with Crippen LogP contribution in [0.15, 0.2) is 28.7 Å². The zero-order chi connectivity index (χ0) is 13.0. The van der Waals surface area contributed by atoms with Crippen molar-refractivity contribution >= 4 is 15.9 Å². The summed E-state index contributed by atoms with van der Waals surface area (Å²) in [6, 6.07) is 8.19. The number of hydrogen-bond donors (Lipinski definition) is 2. The van der Waals surface area contributed by atoms with Crippen molar-refractivity contribution in [3.63, 3.8) is 0 Å². The van der Waals surface area contributed by atoms with E-state index in [1.54, 1.807) is 0 Å². The molecule has 0 amide bonds. The van der Waals surface area contributed by atoms with Crippen LogP contribution in [0.1, 0.15) is 17.9 Å². The second-order valence-electron chi connectivity index (χ2n) is 4.34. The number of halogens is 1. The van der Waals surface area contributed by atoms with Gasteiger partial charge in [-0.25, -0.2) is 4.98 Å². The summed E-state index contributed by atoms with van der Waals surface area (Å²) in [6.45, 7) is 3.09. The predicted octanol–water partition coefficient (Wildman–Crippen LogP) is 3.30. The van der Waals surface area contributed by atoms with Crippen molar-refractivity contribution in [3.8, 4) is 11.3 Å². The topological polar surface area (TPSA) is 40.7 Å². The maximum absolute atomic E-state index is 4.70. The Labute approximate surface area is 116 Å². The van der Waals surface area contributed by atoms with Crippen molar-refractivity contribution in [2.75, 3.05) is 13.6 Å². The molecule has 0 unspecified atom stereocenters. The summed E-state index contributed by atoms with van der Waals surface area (Å²) in [4.78, 5) is 8.07. The minimum absolute atomic E-state index is 0.978. The van der Waals surface area contributed by atoms with Crippen LogP contribution in [0.5, 0.6) is 0 Å². The van der Waals surface area contributed by atoms with E-state index in [2.05, 4.69) is 39.2 Å². The van der Waals surface area contributed by atoms with Crippen LogP contribution in [-0.2, 0) is 6.42 Å². The molecule has 0 bridgehead atoms. The van der Waals surface area contributed by atoms with E-state index >= 15 is 0 Å². The van der Waals surface area contributed by atoms with E-state index in [1.807, 2.05) is 25.2 Å². The van der Waals surface area contributed by atoms with E-state index < -0.39 is 0 Å². The van der Waals surface area contributed by atoms with Crippen molar-refractivity contribution in [1.82, 2.24) is 15.3 Å². The Kier molecular flexibility index (Phi) is 4.55. The third kappa shape index (κ3) is 3.00. The molecular formula is C14H18BrN3. The first-order chi connectivity index (χ1) is 8.72. The standard InChI is InChI=1S/C14H18BrN3/c1-10-14(11-6-3-4-7-12(11)15)18-13(17-10)8-5-9-16-2/h3-4,6-7,16H,5,8-9H2,1-2H3,(H,17,18). The highest BCUT2D eigenvalue weighted by Gasteiger charge is 2.10. The van der Waals surface area contributed by atoms with Gasteiger partial charge in [-0.15, -0.1) is 0 Å². The molecule has 0 radical (unpaired) electrons. The van der Waals surface area contributed by atoms with Crippen LogP contribution in [0, 0.1) is 6.92 Å². The Hall–Kier alpha value is -1.13. The lowest BCUT2D eigenvalue weighted by atomic mass is 10.1. The number of H-pyrrole nitrogens is 1. The number of aryl methyl sites for hydroxylation is 2. The first-order valence-electron chi connectivity index (χ1n) is 6.17. The average molecular weight is 308 g/mol. The van der Waals surface area contributed by atoms with Gasteiger partial charge in [0.1, 0.15) is 5.82 Å². The van der Waals surface area contributed by atoms with Crippen LogP contribution in [0.3, 0.4) is 0 Å². The van der Waals surface area contributed by atoms with Gasteiger partial charge in [-0.1, -0.05) is 34.1 Å². The largest absolute Gasteiger partial charge is 0.346 e. The van der Waals surface area contributed by atoms with Crippen LogP contribution in [-0.4, -0.2) is 23.6 Å². The molecule has 2 N–H and O–H groups in total. The van der Waals surface area contributed by atoms with Gasteiger partial charge in [0.05, 0.1) is 5.69 Å². The minimum atomic E-state index is 0.978. The fourth-order valence-electron chi connectivity index (χ4n) is 1.99. The number of imidazole rings is 1. The summed E-state index contributed by atoms with van der Waals surface area (Å²) in [7, 11) is 1.97. The van der Waals surface area contributed by atoms with E-state index in [1.165, 1.54) is 0 Å². The summed E-state index contributed by atoms with van der Waals surface area (Å²) in [6.07, 6.45) is 2.07. The maximum atomic E-state index is 4.70. The lowest BCUT2D eigenvalue weighted by Crippen LogP contribution is -2.08. The van der Waals surface area contributed by atoms with Crippen LogP contribution in [0.4, 0.5) is 0 Å². The number of nitrogens with zero attached hydrogens (tertiary/aromatic N) is 1. The number of aromatic amines is 1. The van der Waals surface area contributed by atoms with E-state index in [-0.39, 0.29) is 0 Å². The molecule has 0 atom stereocenters. The van der Waals surface area contributed by atoms with E-state index in [0.29, 0.717) is 0 Å². The van der Waals surface area contributed by atoms with Crippen molar-refractivity contribution in [3.05, 3.63) is 40.3 Å². The summed E-state index contributed by atoms with van der Waals surface area (Å²) < 4.78 is 1.08. The highest BCUT2D eigenvalue weighted by atomic mass is 79.9. The van der Waals surface area contributed by atoms with Gasteiger partial charge in [0.25, 0.3) is 0 Å². The molecule has 1 aromatic carbocycles. The van der Waals surface area contributed by atoms with Gasteiger partial charge in [0.2, 0.25) is 0 Å². The predicted molar refractivity (Wildman–Crippen MR) is 78.7 cm³/mol. The van der Waals surface area contributed by atoms with Crippen LogP contribution in [0.2, 0.25) is 0 Å². The van der Waals surface area contributed by atoms with Crippen molar-refractivity contribution in [1.29, 1.82) is 0 Å². The Morgan fingerprint density at radius 3 is 2.83 bits per heavy atom. The lowest BCUT2D eigenvalue weighted by molar-refractivity contribution is 0.707. The highest BCUT2D eigenvalue weighted by Crippen LogP contribution is 2.28. The molecule has 3 nitrogen and oxygen atoms in total. The van der Waals surface area contributed by atoms with Gasteiger partial charge >= 0.3 is 0 Å². The molecule has 0 aliphatic heterocycles. The number of benzene rings is 1. The van der Waals surface area contributed by atoms with E-state index in [4.69, 9.17) is 4.98 Å². The molecule has 2 rings (SSSR count). The molecule has 0 saturated carbocycles. The van der Waals surface area contributed by atoms with Gasteiger partial charge in [-0.3, -0.25) is 0 Å². The molecule has 0 aliphatic carbocycles.